The molecule has 0 bridgehead atoms. The zero-order chi connectivity index (χ0) is 18.0. The number of amides is 1. The largest absolute Gasteiger partial charge is 0.478 e. The zero-order valence-corrected chi connectivity index (χ0v) is 14.8. The van der Waals surface area contributed by atoms with Crippen molar-refractivity contribution in [3.8, 4) is 0 Å². The first-order valence-electron chi connectivity index (χ1n) is 6.38. The van der Waals surface area contributed by atoms with Crippen LogP contribution in [0.1, 0.15) is 26.3 Å². The second-order valence-electron chi connectivity index (χ2n) is 4.62. The van der Waals surface area contributed by atoms with Crippen molar-refractivity contribution in [2.24, 2.45) is 0 Å². The molecular formula is C15H9Cl4NO4. The highest BCUT2D eigenvalue weighted by atomic mass is 35.5. The highest BCUT2D eigenvalue weighted by Gasteiger charge is 2.28. The molecule has 5 nitrogen and oxygen atoms in total. The van der Waals surface area contributed by atoms with Crippen molar-refractivity contribution in [1.82, 2.24) is 0 Å². The molecule has 0 aliphatic heterocycles. The molecule has 9 heteroatoms. The first-order valence-corrected chi connectivity index (χ1v) is 7.89. The second kappa shape index (κ2) is 7.59. The summed E-state index contributed by atoms with van der Waals surface area (Å²) in [6, 6.07) is 6.27. The molecule has 24 heavy (non-hydrogen) atoms. The molecule has 0 unspecified atom stereocenters. The van der Waals surface area contributed by atoms with Gasteiger partial charge < -0.3 is 15.5 Å². The molecule has 126 valence electrons. The summed E-state index contributed by atoms with van der Waals surface area (Å²) in [6.45, 7) is -0.147. The number of benzene rings is 2. The maximum atomic E-state index is 12.5. The third-order valence-electron chi connectivity index (χ3n) is 3.10. The van der Waals surface area contributed by atoms with Crippen molar-refractivity contribution in [1.29, 1.82) is 0 Å². The Bertz CT molecular complexity index is 821. The van der Waals surface area contributed by atoms with Crippen LogP contribution in [-0.2, 0) is 6.61 Å². The van der Waals surface area contributed by atoms with Crippen molar-refractivity contribution < 1.29 is 19.8 Å². The third kappa shape index (κ3) is 3.61. The predicted molar refractivity (Wildman–Crippen MR) is 93.8 cm³/mol. The number of hydrogen-bond donors (Lipinski definition) is 3. The normalized spacial score (nSPS) is 10.5. The van der Waals surface area contributed by atoms with E-state index in [0.717, 1.165) is 0 Å². The van der Waals surface area contributed by atoms with Gasteiger partial charge in [0.25, 0.3) is 5.91 Å². The number of carbonyl (C=O) groups excluding carboxylic acids is 1. The lowest BCUT2D eigenvalue weighted by Gasteiger charge is -2.14. The first-order chi connectivity index (χ1) is 11.3. The number of carboxylic acids is 1. The van der Waals surface area contributed by atoms with E-state index in [-0.39, 0.29) is 26.7 Å². The van der Waals surface area contributed by atoms with E-state index < -0.39 is 23.0 Å². The van der Waals surface area contributed by atoms with Crippen LogP contribution >= 0.6 is 46.4 Å². The summed E-state index contributed by atoms with van der Waals surface area (Å²) in [5, 5.41) is 19.7. The van der Waals surface area contributed by atoms with Crippen LogP contribution in [0.2, 0.25) is 20.1 Å². The van der Waals surface area contributed by atoms with E-state index in [1.165, 1.54) is 12.1 Å². The number of carbonyl (C=O) groups is 2. The number of halogens is 4. The van der Waals surface area contributed by atoms with Crippen molar-refractivity contribution in [2.45, 2.75) is 6.61 Å². The summed E-state index contributed by atoms with van der Waals surface area (Å²) in [4.78, 5) is 23.9. The Hall–Kier alpha value is -1.50. The van der Waals surface area contributed by atoms with E-state index in [1.54, 1.807) is 12.1 Å². The first kappa shape index (κ1) is 18.8. The molecule has 0 saturated heterocycles. The van der Waals surface area contributed by atoms with Crippen LogP contribution in [0, 0.1) is 0 Å². The van der Waals surface area contributed by atoms with E-state index in [2.05, 4.69) is 5.32 Å². The maximum Gasteiger partial charge on any atom is 0.338 e. The molecule has 0 aliphatic rings. The number of aliphatic hydroxyl groups excluding tert-OH is 1. The molecule has 0 aromatic heterocycles. The molecule has 0 atom stereocenters. The average Bonchev–Trinajstić information content (AvgIpc) is 2.56. The van der Waals surface area contributed by atoms with Crippen LogP contribution < -0.4 is 5.32 Å². The van der Waals surface area contributed by atoms with E-state index in [0.29, 0.717) is 11.3 Å². The number of rotatable bonds is 4. The van der Waals surface area contributed by atoms with Crippen LogP contribution in [0.5, 0.6) is 0 Å². The summed E-state index contributed by atoms with van der Waals surface area (Å²) in [5.74, 6) is -2.28. The lowest BCUT2D eigenvalue weighted by Crippen LogP contribution is -2.18. The number of aliphatic hydroxyl groups is 1. The number of nitrogens with one attached hydrogen (secondary N) is 1. The minimum Gasteiger partial charge on any atom is -0.478 e. The molecule has 0 heterocycles. The van der Waals surface area contributed by atoms with Gasteiger partial charge in [-0.25, -0.2) is 4.79 Å². The number of carboxylic acid groups (broad SMARTS) is 1. The van der Waals surface area contributed by atoms with Gasteiger partial charge in [0.05, 0.1) is 37.8 Å². The number of hydrogen-bond acceptors (Lipinski definition) is 3. The van der Waals surface area contributed by atoms with Gasteiger partial charge in [0.15, 0.2) is 0 Å². The second-order valence-corrected chi connectivity index (χ2v) is 6.13. The van der Waals surface area contributed by atoms with Gasteiger partial charge in [-0.1, -0.05) is 58.5 Å². The topological polar surface area (TPSA) is 86.6 Å². The Morgan fingerprint density at radius 1 is 0.875 bits per heavy atom. The smallest absolute Gasteiger partial charge is 0.338 e. The Morgan fingerprint density at radius 2 is 1.38 bits per heavy atom. The summed E-state index contributed by atoms with van der Waals surface area (Å²) < 4.78 is 0. The summed E-state index contributed by atoms with van der Waals surface area (Å²) in [5.41, 5.74) is 0.0805. The fourth-order valence-electron chi connectivity index (χ4n) is 1.93. The van der Waals surface area contributed by atoms with Gasteiger partial charge in [-0.05, 0) is 17.7 Å². The predicted octanol–water partition coefficient (Wildman–Crippen LogP) is 4.74. The Kier molecular flexibility index (Phi) is 5.96. The molecule has 0 radical (unpaired) electrons. The van der Waals surface area contributed by atoms with Crippen molar-refractivity contribution in [3.05, 3.63) is 61.0 Å². The van der Waals surface area contributed by atoms with Gasteiger partial charge in [0, 0.05) is 5.69 Å². The van der Waals surface area contributed by atoms with Crippen LogP contribution in [-0.4, -0.2) is 22.1 Å². The Balaban J connectivity index is 2.50. The van der Waals surface area contributed by atoms with E-state index in [4.69, 9.17) is 51.5 Å². The molecule has 1 amide bonds. The molecule has 2 aromatic carbocycles. The minimum absolute atomic E-state index is 0.147. The summed E-state index contributed by atoms with van der Waals surface area (Å²) in [6.07, 6.45) is 0. The molecule has 2 aromatic rings. The van der Waals surface area contributed by atoms with Gasteiger partial charge in [-0.2, -0.15) is 0 Å². The zero-order valence-electron chi connectivity index (χ0n) is 11.7. The van der Waals surface area contributed by atoms with E-state index in [9.17, 15) is 14.7 Å². The average molecular weight is 409 g/mol. The Morgan fingerprint density at radius 3 is 1.83 bits per heavy atom. The minimum atomic E-state index is -1.47. The van der Waals surface area contributed by atoms with Gasteiger partial charge in [0.1, 0.15) is 0 Å². The lowest BCUT2D eigenvalue weighted by molar-refractivity contribution is 0.0692. The molecule has 0 saturated carbocycles. The quantitative estimate of drug-likeness (QED) is 0.503. The van der Waals surface area contributed by atoms with E-state index >= 15 is 0 Å². The molecule has 0 spiro atoms. The third-order valence-corrected chi connectivity index (χ3v) is 4.90. The van der Waals surface area contributed by atoms with Crippen molar-refractivity contribution in [3.63, 3.8) is 0 Å². The summed E-state index contributed by atoms with van der Waals surface area (Å²) >= 11 is 23.6. The fraction of sp³-hybridized carbons (Fsp3) is 0.0667. The molecular weight excluding hydrogens is 400 g/mol. The maximum absolute atomic E-state index is 12.5. The summed E-state index contributed by atoms with van der Waals surface area (Å²) in [7, 11) is 0. The molecule has 2 rings (SSSR count). The van der Waals surface area contributed by atoms with Crippen molar-refractivity contribution in [2.75, 3.05) is 5.32 Å². The highest BCUT2D eigenvalue weighted by molar-refractivity contribution is 6.54. The SMILES string of the molecule is O=C(O)c1c(Cl)c(Cl)c(Cl)c(Cl)c1C(=O)Nc1ccc(CO)cc1. The number of anilines is 1. The highest BCUT2D eigenvalue weighted by Crippen LogP contribution is 2.41. The molecule has 3 N–H and O–H groups in total. The molecule has 0 aliphatic carbocycles. The fourth-order valence-corrected chi connectivity index (χ4v) is 2.95. The lowest BCUT2D eigenvalue weighted by atomic mass is 10.1. The van der Waals surface area contributed by atoms with Crippen LogP contribution in [0.25, 0.3) is 0 Å². The molecule has 0 fully saturated rings. The van der Waals surface area contributed by atoms with Crippen LogP contribution in [0.4, 0.5) is 5.69 Å². The number of aromatic carboxylic acids is 1. The van der Waals surface area contributed by atoms with Crippen LogP contribution in [0.3, 0.4) is 0 Å². The standard InChI is InChI=1S/C15H9Cl4NO4/c16-10-8(9(15(23)24)11(17)13(19)12(10)18)14(22)20-7-3-1-6(5-21)2-4-7/h1-4,21H,5H2,(H,20,22)(H,23,24). The van der Waals surface area contributed by atoms with Gasteiger partial charge >= 0.3 is 5.97 Å². The van der Waals surface area contributed by atoms with Gasteiger partial charge in [-0.15, -0.1) is 0 Å². The van der Waals surface area contributed by atoms with Gasteiger partial charge in [-0.3, -0.25) is 4.79 Å². The van der Waals surface area contributed by atoms with Crippen LogP contribution in [0.15, 0.2) is 24.3 Å². The Labute approximate surface area is 156 Å². The monoisotopic (exact) mass is 407 g/mol. The van der Waals surface area contributed by atoms with Crippen molar-refractivity contribution >= 4 is 64.0 Å². The van der Waals surface area contributed by atoms with Gasteiger partial charge in [0.2, 0.25) is 0 Å². The van der Waals surface area contributed by atoms with E-state index in [1.807, 2.05) is 0 Å².